The van der Waals surface area contributed by atoms with Crippen molar-refractivity contribution in [2.75, 3.05) is 11.9 Å². The van der Waals surface area contributed by atoms with Gasteiger partial charge in [0.2, 0.25) is 0 Å². The number of nitrogens with zero attached hydrogens (tertiary/aromatic N) is 3. The lowest BCUT2D eigenvalue weighted by Crippen LogP contribution is -2.14. The molecule has 2 rings (SSSR count). The Bertz CT molecular complexity index is 528. The van der Waals surface area contributed by atoms with Crippen LogP contribution in [-0.4, -0.2) is 28.1 Å². The van der Waals surface area contributed by atoms with E-state index in [1.807, 2.05) is 6.07 Å². The molecule has 0 saturated heterocycles. The van der Waals surface area contributed by atoms with Crippen LogP contribution < -0.4 is 4.90 Å². The maximum absolute atomic E-state index is 11.1. The summed E-state index contributed by atoms with van der Waals surface area (Å²) in [5.74, 6) is -0.974. The smallest absolute Gasteiger partial charge is 0.337 e. The molecule has 1 N–H and O–H groups in total. The second kappa shape index (κ2) is 4.61. The molecule has 17 heavy (non-hydrogen) atoms. The molecule has 0 spiro atoms. The molecule has 0 atom stereocenters. The summed E-state index contributed by atoms with van der Waals surface area (Å²) in [5.41, 5.74) is 1.56. The van der Waals surface area contributed by atoms with E-state index >= 15 is 0 Å². The van der Waals surface area contributed by atoms with Crippen LogP contribution in [0.15, 0.2) is 43.0 Å². The normalized spacial score (nSPS) is 9.94. The number of hydrogen-bond acceptors (Lipinski definition) is 4. The van der Waals surface area contributed by atoms with E-state index in [9.17, 15) is 4.79 Å². The van der Waals surface area contributed by atoms with E-state index < -0.39 is 5.97 Å². The molecule has 0 fully saturated rings. The Labute approximate surface area is 98.4 Å². The molecule has 5 nitrogen and oxygen atoms in total. The lowest BCUT2D eigenvalue weighted by molar-refractivity contribution is 0.0697. The molecule has 0 saturated carbocycles. The van der Waals surface area contributed by atoms with Gasteiger partial charge in [-0.1, -0.05) is 0 Å². The first-order valence-electron chi connectivity index (χ1n) is 5.01. The zero-order chi connectivity index (χ0) is 12.3. The van der Waals surface area contributed by atoms with Crippen LogP contribution in [0.2, 0.25) is 0 Å². The number of carboxylic acids is 1. The fourth-order valence-electron chi connectivity index (χ4n) is 1.53. The monoisotopic (exact) mass is 229 g/mol. The summed E-state index contributed by atoms with van der Waals surface area (Å²) in [4.78, 5) is 20.8. The van der Waals surface area contributed by atoms with Crippen molar-refractivity contribution in [2.24, 2.45) is 0 Å². The van der Waals surface area contributed by atoms with Gasteiger partial charge in [0.05, 0.1) is 29.3 Å². The second-order valence-electron chi connectivity index (χ2n) is 3.47. The van der Waals surface area contributed by atoms with Gasteiger partial charge in [-0.05, 0) is 18.2 Å². The van der Waals surface area contributed by atoms with Crippen molar-refractivity contribution in [3.8, 4) is 0 Å². The third kappa shape index (κ3) is 2.23. The minimum atomic E-state index is -0.974. The van der Waals surface area contributed by atoms with Crippen molar-refractivity contribution in [3.05, 3.63) is 48.5 Å². The molecule has 0 aliphatic rings. The van der Waals surface area contributed by atoms with Crippen LogP contribution in [-0.2, 0) is 0 Å². The van der Waals surface area contributed by atoms with Crippen molar-refractivity contribution in [1.82, 2.24) is 9.97 Å². The predicted molar refractivity (Wildman–Crippen MR) is 63.5 cm³/mol. The molecule has 0 aliphatic carbocycles. The molecule has 86 valence electrons. The van der Waals surface area contributed by atoms with Crippen LogP contribution >= 0.6 is 0 Å². The van der Waals surface area contributed by atoms with Gasteiger partial charge in [-0.2, -0.15) is 0 Å². The number of aromatic carboxylic acids is 1. The van der Waals surface area contributed by atoms with E-state index in [4.69, 9.17) is 5.11 Å². The minimum absolute atomic E-state index is 0.214. The minimum Gasteiger partial charge on any atom is -0.478 e. The summed E-state index contributed by atoms with van der Waals surface area (Å²) < 4.78 is 0. The van der Waals surface area contributed by atoms with E-state index in [1.54, 1.807) is 30.4 Å². The second-order valence-corrected chi connectivity index (χ2v) is 3.47. The quantitative estimate of drug-likeness (QED) is 0.871. The first kappa shape index (κ1) is 11.1. The molecule has 0 aromatic carbocycles. The summed E-state index contributed by atoms with van der Waals surface area (Å²) in [6.45, 7) is 0. The van der Waals surface area contributed by atoms with Gasteiger partial charge in [-0.25, -0.2) is 4.79 Å². The zero-order valence-corrected chi connectivity index (χ0v) is 9.24. The van der Waals surface area contributed by atoms with Crippen LogP contribution in [0.25, 0.3) is 0 Å². The number of pyridine rings is 2. The standard InChI is InChI=1S/C12H11N3O2/c1-15(9-3-2-5-13-7-9)11-8-14-6-4-10(11)12(16)17/h2-8H,1H3,(H,16,17). The van der Waals surface area contributed by atoms with Crippen LogP contribution in [0.4, 0.5) is 11.4 Å². The maximum atomic E-state index is 11.1. The SMILES string of the molecule is CN(c1cccnc1)c1cnccc1C(=O)O. The third-order valence-electron chi connectivity index (χ3n) is 2.43. The molecular formula is C12H11N3O2. The summed E-state index contributed by atoms with van der Waals surface area (Å²) >= 11 is 0. The van der Waals surface area contributed by atoms with Crippen LogP contribution in [0.1, 0.15) is 10.4 Å². The molecular weight excluding hydrogens is 218 g/mol. The fourth-order valence-corrected chi connectivity index (χ4v) is 1.53. The Kier molecular flexibility index (Phi) is 3.00. The number of rotatable bonds is 3. The first-order valence-corrected chi connectivity index (χ1v) is 5.01. The Morgan fingerprint density at radius 3 is 2.65 bits per heavy atom. The van der Waals surface area contributed by atoms with E-state index in [-0.39, 0.29) is 5.56 Å². The highest BCUT2D eigenvalue weighted by Gasteiger charge is 2.14. The van der Waals surface area contributed by atoms with Crippen molar-refractivity contribution in [2.45, 2.75) is 0 Å². The molecule has 2 aromatic rings. The van der Waals surface area contributed by atoms with Crippen LogP contribution in [0.5, 0.6) is 0 Å². The van der Waals surface area contributed by atoms with Gasteiger partial charge in [0.1, 0.15) is 0 Å². The Hall–Kier alpha value is -2.43. The lowest BCUT2D eigenvalue weighted by atomic mass is 10.2. The molecule has 0 unspecified atom stereocenters. The summed E-state index contributed by atoms with van der Waals surface area (Å²) in [6, 6.07) is 5.12. The molecule has 0 aliphatic heterocycles. The molecule has 0 radical (unpaired) electrons. The van der Waals surface area contributed by atoms with E-state index in [0.717, 1.165) is 5.69 Å². The topological polar surface area (TPSA) is 66.3 Å². The Balaban J connectivity index is 2.44. The van der Waals surface area contributed by atoms with Gasteiger partial charge >= 0.3 is 5.97 Å². The molecule has 0 bridgehead atoms. The summed E-state index contributed by atoms with van der Waals surface area (Å²) in [5, 5.41) is 9.09. The van der Waals surface area contributed by atoms with Crippen LogP contribution in [0, 0.1) is 0 Å². The van der Waals surface area contributed by atoms with Gasteiger partial charge in [0, 0.05) is 19.4 Å². The van der Waals surface area contributed by atoms with Gasteiger partial charge in [0.25, 0.3) is 0 Å². The third-order valence-corrected chi connectivity index (χ3v) is 2.43. The number of hydrogen-bond donors (Lipinski definition) is 1. The molecule has 2 heterocycles. The van der Waals surface area contributed by atoms with Gasteiger partial charge in [0.15, 0.2) is 0 Å². The largest absolute Gasteiger partial charge is 0.478 e. The number of carboxylic acid groups (broad SMARTS) is 1. The van der Waals surface area contributed by atoms with E-state index in [1.165, 1.54) is 18.5 Å². The van der Waals surface area contributed by atoms with E-state index in [0.29, 0.717) is 5.69 Å². The Morgan fingerprint density at radius 2 is 2.00 bits per heavy atom. The highest BCUT2D eigenvalue weighted by atomic mass is 16.4. The summed E-state index contributed by atoms with van der Waals surface area (Å²) in [6.07, 6.45) is 6.32. The maximum Gasteiger partial charge on any atom is 0.337 e. The average Bonchev–Trinajstić information content (AvgIpc) is 2.39. The van der Waals surface area contributed by atoms with E-state index in [2.05, 4.69) is 9.97 Å². The highest BCUT2D eigenvalue weighted by Crippen LogP contribution is 2.25. The average molecular weight is 229 g/mol. The molecule has 2 aromatic heterocycles. The number of carbonyl (C=O) groups is 1. The van der Waals surface area contributed by atoms with Gasteiger partial charge in [-0.15, -0.1) is 0 Å². The highest BCUT2D eigenvalue weighted by molar-refractivity contribution is 5.95. The van der Waals surface area contributed by atoms with Crippen molar-refractivity contribution >= 4 is 17.3 Å². The van der Waals surface area contributed by atoms with Crippen LogP contribution in [0.3, 0.4) is 0 Å². The van der Waals surface area contributed by atoms with Crippen molar-refractivity contribution in [1.29, 1.82) is 0 Å². The summed E-state index contributed by atoms with van der Waals surface area (Å²) in [7, 11) is 1.78. The van der Waals surface area contributed by atoms with Gasteiger partial charge < -0.3 is 10.0 Å². The lowest BCUT2D eigenvalue weighted by Gasteiger charge is -2.20. The number of aromatic nitrogens is 2. The molecule has 5 heteroatoms. The molecule has 0 amide bonds. The first-order chi connectivity index (χ1) is 8.20. The zero-order valence-electron chi connectivity index (χ0n) is 9.24. The Morgan fingerprint density at radius 1 is 1.24 bits per heavy atom. The van der Waals surface area contributed by atoms with Crippen molar-refractivity contribution in [3.63, 3.8) is 0 Å². The van der Waals surface area contributed by atoms with Gasteiger partial charge in [-0.3, -0.25) is 9.97 Å². The fraction of sp³-hybridized carbons (Fsp3) is 0.0833. The van der Waals surface area contributed by atoms with Crippen molar-refractivity contribution < 1.29 is 9.90 Å². The predicted octanol–water partition coefficient (Wildman–Crippen LogP) is 1.94. The number of anilines is 2.